The Bertz CT molecular complexity index is 73.7. The Morgan fingerprint density at radius 1 is 1.75 bits per heavy atom. The molecule has 0 rings (SSSR count). The molecule has 0 fully saturated rings. The van der Waals surface area contributed by atoms with Gasteiger partial charge in [0, 0.05) is 0 Å². The molecule has 0 unspecified atom stereocenters. The van der Waals surface area contributed by atoms with Gasteiger partial charge in [-0.2, -0.15) is 5.26 Å². The SMILES string of the molecule is NCCCC(=O)OO. The molecule has 0 spiro atoms. The van der Waals surface area contributed by atoms with Gasteiger partial charge >= 0.3 is 5.97 Å². The van der Waals surface area contributed by atoms with E-state index in [1.807, 2.05) is 0 Å². The predicted molar refractivity (Wildman–Crippen MR) is 27.0 cm³/mol. The third-order valence-electron chi connectivity index (χ3n) is 0.687. The number of hydrogen-bond acceptors (Lipinski definition) is 4. The van der Waals surface area contributed by atoms with Crippen LogP contribution in [0.4, 0.5) is 0 Å². The summed E-state index contributed by atoms with van der Waals surface area (Å²) in [5, 5.41) is 7.67. The zero-order valence-electron chi connectivity index (χ0n) is 4.46. The summed E-state index contributed by atoms with van der Waals surface area (Å²) in [4.78, 5) is 13.4. The second kappa shape index (κ2) is 4.55. The van der Waals surface area contributed by atoms with Crippen molar-refractivity contribution in [2.45, 2.75) is 12.8 Å². The maximum absolute atomic E-state index is 10.0. The highest BCUT2D eigenvalue weighted by Crippen LogP contribution is 1.86. The average molecular weight is 119 g/mol. The third kappa shape index (κ3) is 3.58. The molecule has 0 amide bonds. The lowest BCUT2D eigenvalue weighted by molar-refractivity contribution is -0.234. The third-order valence-corrected chi connectivity index (χ3v) is 0.687. The summed E-state index contributed by atoms with van der Waals surface area (Å²) in [6.45, 7) is 0.440. The molecule has 0 saturated carbocycles. The molecule has 0 aromatic carbocycles. The lowest BCUT2D eigenvalue weighted by Crippen LogP contribution is -2.05. The van der Waals surface area contributed by atoms with E-state index in [0.717, 1.165) is 0 Å². The van der Waals surface area contributed by atoms with Crippen LogP contribution in [0.25, 0.3) is 0 Å². The van der Waals surface area contributed by atoms with Gasteiger partial charge in [-0.3, -0.25) is 0 Å². The fourth-order valence-corrected chi connectivity index (χ4v) is 0.292. The van der Waals surface area contributed by atoms with Crippen LogP contribution in [0.15, 0.2) is 0 Å². The van der Waals surface area contributed by atoms with E-state index in [0.29, 0.717) is 13.0 Å². The zero-order valence-corrected chi connectivity index (χ0v) is 4.46. The largest absolute Gasteiger partial charge is 0.342 e. The van der Waals surface area contributed by atoms with Crippen molar-refractivity contribution in [1.82, 2.24) is 0 Å². The van der Waals surface area contributed by atoms with Crippen LogP contribution in [-0.2, 0) is 9.68 Å². The van der Waals surface area contributed by atoms with E-state index >= 15 is 0 Å². The van der Waals surface area contributed by atoms with Gasteiger partial charge in [0.05, 0.1) is 6.42 Å². The van der Waals surface area contributed by atoms with Crippen molar-refractivity contribution < 1.29 is 14.9 Å². The van der Waals surface area contributed by atoms with Gasteiger partial charge in [0.1, 0.15) is 0 Å². The van der Waals surface area contributed by atoms with E-state index in [9.17, 15) is 4.79 Å². The van der Waals surface area contributed by atoms with Gasteiger partial charge in [-0.15, -0.1) is 0 Å². The molecule has 0 atom stereocenters. The molecule has 4 nitrogen and oxygen atoms in total. The normalized spacial score (nSPS) is 8.75. The molecule has 4 heteroatoms. The molecule has 0 radical (unpaired) electrons. The number of nitrogens with two attached hydrogens (primary N) is 1. The van der Waals surface area contributed by atoms with E-state index in [1.54, 1.807) is 0 Å². The molecule has 0 aromatic heterocycles. The minimum atomic E-state index is -0.629. The fraction of sp³-hybridized carbons (Fsp3) is 0.750. The number of rotatable bonds is 3. The van der Waals surface area contributed by atoms with Crippen LogP contribution >= 0.6 is 0 Å². The van der Waals surface area contributed by atoms with Gasteiger partial charge in [-0.25, -0.2) is 4.79 Å². The lowest BCUT2D eigenvalue weighted by atomic mass is 10.3. The van der Waals surface area contributed by atoms with Crippen molar-refractivity contribution >= 4 is 5.97 Å². The highest BCUT2D eigenvalue weighted by atomic mass is 17.1. The Hall–Kier alpha value is -0.610. The second-order valence-corrected chi connectivity index (χ2v) is 1.36. The smallest absolute Gasteiger partial charge is 0.330 e. The van der Waals surface area contributed by atoms with Gasteiger partial charge < -0.3 is 10.6 Å². The Morgan fingerprint density at radius 2 is 2.38 bits per heavy atom. The Labute approximate surface area is 47.2 Å². The topological polar surface area (TPSA) is 72.6 Å². The first-order valence-electron chi connectivity index (χ1n) is 2.35. The molecule has 0 aliphatic heterocycles. The van der Waals surface area contributed by atoms with Crippen LogP contribution in [0.5, 0.6) is 0 Å². The van der Waals surface area contributed by atoms with Gasteiger partial charge in [0.2, 0.25) is 0 Å². The number of carbonyl (C=O) groups excluding carboxylic acids is 1. The van der Waals surface area contributed by atoms with E-state index in [-0.39, 0.29) is 6.42 Å². The number of carbonyl (C=O) groups is 1. The molecule has 0 heterocycles. The summed E-state index contributed by atoms with van der Waals surface area (Å²) in [5.74, 6) is -0.629. The van der Waals surface area contributed by atoms with Crippen LogP contribution in [0.1, 0.15) is 12.8 Å². The van der Waals surface area contributed by atoms with Crippen LogP contribution in [0, 0.1) is 0 Å². The molecule has 8 heavy (non-hydrogen) atoms. The average Bonchev–Trinajstić information content (AvgIpc) is 1.83. The Kier molecular flexibility index (Phi) is 4.20. The first-order chi connectivity index (χ1) is 3.81. The molecule has 0 saturated heterocycles. The molecular formula is C4H9NO3. The summed E-state index contributed by atoms with van der Waals surface area (Å²) in [6.07, 6.45) is 0.742. The summed E-state index contributed by atoms with van der Waals surface area (Å²) in [5.41, 5.74) is 5.04. The Morgan fingerprint density at radius 3 is 2.75 bits per heavy atom. The predicted octanol–water partition coefficient (Wildman–Crippen LogP) is -0.258. The maximum Gasteiger partial charge on any atom is 0.342 e. The first-order valence-corrected chi connectivity index (χ1v) is 2.35. The minimum absolute atomic E-state index is 0.188. The summed E-state index contributed by atoms with van der Waals surface area (Å²) < 4.78 is 0. The fourth-order valence-electron chi connectivity index (χ4n) is 0.292. The second-order valence-electron chi connectivity index (χ2n) is 1.36. The lowest BCUT2D eigenvalue weighted by Gasteiger charge is -1.91. The molecule has 0 aliphatic rings. The van der Waals surface area contributed by atoms with Crippen LogP contribution in [0.3, 0.4) is 0 Å². The molecule has 0 aliphatic carbocycles. The van der Waals surface area contributed by atoms with Crippen molar-refractivity contribution in [3.8, 4) is 0 Å². The van der Waals surface area contributed by atoms with E-state index in [4.69, 9.17) is 11.0 Å². The van der Waals surface area contributed by atoms with Gasteiger partial charge in [-0.1, -0.05) is 0 Å². The van der Waals surface area contributed by atoms with Crippen molar-refractivity contribution in [1.29, 1.82) is 0 Å². The minimum Gasteiger partial charge on any atom is -0.330 e. The molecule has 0 bridgehead atoms. The standard InChI is InChI=1S/C4H9NO3/c5-3-1-2-4(6)8-7/h7H,1-3,5H2. The van der Waals surface area contributed by atoms with Crippen molar-refractivity contribution in [2.75, 3.05) is 6.54 Å². The van der Waals surface area contributed by atoms with Crippen LogP contribution < -0.4 is 5.73 Å². The highest BCUT2D eigenvalue weighted by Gasteiger charge is 1.97. The maximum atomic E-state index is 10.0. The van der Waals surface area contributed by atoms with Gasteiger partial charge in [0.15, 0.2) is 0 Å². The summed E-state index contributed by atoms with van der Waals surface area (Å²) >= 11 is 0. The van der Waals surface area contributed by atoms with Crippen LogP contribution in [-0.4, -0.2) is 17.8 Å². The van der Waals surface area contributed by atoms with Gasteiger partial charge in [-0.05, 0) is 13.0 Å². The molecule has 0 aromatic rings. The number of hydrogen-bond donors (Lipinski definition) is 2. The Balaban J connectivity index is 2.99. The van der Waals surface area contributed by atoms with E-state index in [1.165, 1.54) is 0 Å². The van der Waals surface area contributed by atoms with Crippen molar-refractivity contribution in [3.63, 3.8) is 0 Å². The quantitative estimate of drug-likeness (QED) is 0.396. The monoisotopic (exact) mass is 119 g/mol. The summed E-state index contributed by atoms with van der Waals surface area (Å²) in [7, 11) is 0. The van der Waals surface area contributed by atoms with Crippen molar-refractivity contribution in [2.24, 2.45) is 5.73 Å². The highest BCUT2D eigenvalue weighted by molar-refractivity contribution is 5.68. The van der Waals surface area contributed by atoms with E-state index in [2.05, 4.69) is 4.89 Å². The molecule has 3 N–H and O–H groups in total. The van der Waals surface area contributed by atoms with E-state index < -0.39 is 5.97 Å². The van der Waals surface area contributed by atoms with Crippen molar-refractivity contribution in [3.05, 3.63) is 0 Å². The van der Waals surface area contributed by atoms with Crippen LogP contribution in [0.2, 0.25) is 0 Å². The zero-order chi connectivity index (χ0) is 6.41. The molecular weight excluding hydrogens is 110 g/mol. The van der Waals surface area contributed by atoms with Gasteiger partial charge in [0.25, 0.3) is 0 Å². The first kappa shape index (κ1) is 7.39. The molecule has 48 valence electrons. The summed E-state index contributed by atoms with van der Waals surface area (Å²) in [6, 6.07) is 0.